The van der Waals surface area contributed by atoms with Crippen LogP contribution in [0.15, 0.2) is 23.1 Å². The van der Waals surface area contributed by atoms with E-state index < -0.39 is 16.1 Å². The molecule has 1 amide bonds. The lowest BCUT2D eigenvalue weighted by molar-refractivity contribution is 0.159. The Hall–Kier alpha value is -2.00. The number of anilines is 1. The summed E-state index contributed by atoms with van der Waals surface area (Å²) in [5.74, 6) is -0.203. The lowest BCUT2D eigenvalue weighted by Gasteiger charge is -2.07. The van der Waals surface area contributed by atoms with Gasteiger partial charge in [-0.25, -0.2) is 17.9 Å². The van der Waals surface area contributed by atoms with Crippen molar-refractivity contribution in [2.24, 2.45) is 5.73 Å². The Morgan fingerprint density at radius 2 is 2.11 bits per heavy atom. The number of phenols is 1. The van der Waals surface area contributed by atoms with Crippen LogP contribution in [0.2, 0.25) is 0 Å². The molecule has 0 fully saturated rings. The lowest BCUT2D eigenvalue weighted by atomic mass is 10.3. The highest BCUT2D eigenvalue weighted by Gasteiger charge is 2.14. The van der Waals surface area contributed by atoms with Gasteiger partial charge in [-0.05, 0) is 18.2 Å². The van der Waals surface area contributed by atoms with E-state index >= 15 is 0 Å². The maximum atomic E-state index is 11.7. The zero-order valence-corrected chi connectivity index (χ0v) is 10.1. The highest BCUT2D eigenvalue weighted by atomic mass is 32.2. The molecule has 0 unspecified atom stereocenters. The Balaban J connectivity index is 2.68. The van der Waals surface area contributed by atoms with Crippen LogP contribution in [-0.2, 0) is 14.8 Å². The first-order valence-corrected chi connectivity index (χ1v) is 6.31. The van der Waals surface area contributed by atoms with Gasteiger partial charge in [0.25, 0.3) is 0 Å². The molecule has 0 spiro atoms. The van der Waals surface area contributed by atoms with Crippen molar-refractivity contribution in [3.05, 3.63) is 18.2 Å². The lowest BCUT2D eigenvalue weighted by Crippen LogP contribution is -2.29. The van der Waals surface area contributed by atoms with Gasteiger partial charge < -0.3 is 21.3 Å². The molecule has 100 valence electrons. The number of carbonyl (C=O) groups is 1. The van der Waals surface area contributed by atoms with Gasteiger partial charge in [-0.3, -0.25) is 0 Å². The number of nitrogens with two attached hydrogens (primary N) is 2. The minimum absolute atomic E-state index is 0.0498. The highest BCUT2D eigenvalue weighted by molar-refractivity contribution is 7.89. The van der Waals surface area contributed by atoms with Gasteiger partial charge in [0.2, 0.25) is 10.0 Å². The van der Waals surface area contributed by atoms with Crippen LogP contribution in [0.4, 0.5) is 10.5 Å². The second-order valence-corrected chi connectivity index (χ2v) is 5.05. The SMILES string of the molecule is NC(=O)OCCNS(=O)(=O)c1ccc(O)c(N)c1. The summed E-state index contributed by atoms with van der Waals surface area (Å²) in [6.45, 7) is -0.297. The van der Waals surface area contributed by atoms with Crippen molar-refractivity contribution >= 4 is 21.8 Å². The van der Waals surface area contributed by atoms with Crippen molar-refractivity contribution in [2.45, 2.75) is 4.90 Å². The molecule has 0 aliphatic carbocycles. The van der Waals surface area contributed by atoms with Gasteiger partial charge in [-0.2, -0.15) is 0 Å². The summed E-state index contributed by atoms with van der Waals surface area (Å²) < 4.78 is 30.0. The third-order valence-corrected chi connectivity index (χ3v) is 3.41. The molecule has 1 aromatic rings. The molecule has 0 radical (unpaired) electrons. The van der Waals surface area contributed by atoms with Gasteiger partial charge in [0.05, 0.1) is 10.6 Å². The molecule has 0 heterocycles. The van der Waals surface area contributed by atoms with Crippen LogP contribution >= 0.6 is 0 Å². The number of benzene rings is 1. The number of hydrogen-bond acceptors (Lipinski definition) is 6. The van der Waals surface area contributed by atoms with E-state index in [9.17, 15) is 18.3 Å². The van der Waals surface area contributed by atoms with E-state index in [-0.39, 0.29) is 29.5 Å². The van der Waals surface area contributed by atoms with Crippen LogP contribution in [0.3, 0.4) is 0 Å². The summed E-state index contributed by atoms with van der Waals surface area (Å²) in [6, 6.07) is 3.49. The van der Waals surface area contributed by atoms with Crippen molar-refractivity contribution in [2.75, 3.05) is 18.9 Å². The standard InChI is InChI=1S/C9H13N3O5S/c10-7-5-6(1-2-8(7)13)18(15,16)12-3-4-17-9(11)14/h1-2,5,12-13H,3-4,10H2,(H2,11,14). The average Bonchev–Trinajstić information content (AvgIpc) is 2.28. The first-order chi connectivity index (χ1) is 8.33. The molecule has 9 heteroatoms. The number of nitrogens with one attached hydrogen (secondary N) is 1. The van der Waals surface area contributed by atoms with Crippen LogP contribution < -0.4 is 16.2 Å². The maximum absolute atomic E-state index is 11.7. The van der Waals surface area contributed by atoms with Crippen molar-refractivity contribution < 1.29 is 23.1 Å². The third kappa shape index (κ3) is 3.79. The fourth-order valence-corrected chi connectivity index (χ4v) is 2.16. The van der Waals surface area contributed by atoms with Crippen molar-refractivity contribution in [1.82, 2.24) is 4.72 Å². The van der Waals surface area contributed by atoms with Gasteiger partial charge in [-0.1, -0.05) is 0 Å². The Labute approximate surface area is 104 Å². The van der Waals surface area contributed by atoms with Crippen LogP contribution in [0.1, 0.15) is 0 Å². The number of primary amides is 1. The van der Waals surface area contributed by atoms with Gasteiger partial charge in [0.15, 0.2) is 0 Å². The molecule has 8 nitrogen and oxygen atoms in total. The Bertz CT molecular complexity index is 543. The molecule has 0 atom stereocenters. The van der Waals surface area contributed by atoms with Crippen LogP contribution in [-0.4, -0.2) is 32.8 Å². The first kappa shape index (κ1) is 14.1. The van der Waals surface area contributed by atoms with Crippen molar-refractivity contribution in [1.29, 1.82) is 0 Å². The van der Waals surface area contributed by atoms with E-state index in [0.29, 0.717) is 0 Å². The fourth-order valence-electron chi connectivity index (χ4n) is 1.11. The number of hydrogen-bond donors (Lipinski definition) is 4. The number of nitrogen functional groups attached to an aromatic ring is 1. The molecule has 0 saturated heterocycles. The molecule has 0 aliphatic rings. The van der Waals surface area contributed by atoms with E-state index in [0.717, 1.165) is 6.07 Å². The summed E-state index contributed by atoms with van der Waals surface area (Å²) in [5, 5.41) is 9.17. The molecule has 0 aliphatic heterocycles. The van der Waals surface area contributed by atoms with Crippen LogP contribution in [0.5, 0.6) is 5.75 Å². The highest BCUT2D eigenvalue weighted by Crippen LogP contribution is 2.22. The fraction of sp³-hybridized carbons (Fsp3) is 0.222. The quantitative estimate of drug-likeness (QED) is 0.319. The van der Waals surface area contributed by atoms with E-state index in [2.05, 4.69) is 9.46 Å². The van der Waals surface area contributed by atoms with Gasteiger partial charge in [0, 0.05) is 6.54 Å². The monoisotopic (exact) mass is 275 g/mol. The molecule has 18 heavy (non-hydrogen) atoms. The zero-order valence-electron chi connectivity index (χ0n) is 9.29. The first-order valence-electron chi connectivity index (χ1n) is 4.83. The minimum Gasteiger partial charge on any atom is -0.506 e. The molecule has 6 N–H and O–H groups in total. The molecular formula is C9H13N3O5S. The molecular weight excluding hydrogens is 262 g/mol. The van der Waals surface area contributed by atoms with E-state index in [4.69, 9.17) is 11.5 Å². The van der Waals surface area contributed by atoms with Crippen LogP contribution in [0.25, 0.3) is 0 Å². The van der Waals surface area contributed by atoms with Crippen molar-refractivity contribution in [3.63, 3.8) is 0 Å². The number of amides is 1. The second kappa shape index (κ2) is 5.56. The summed E-state index contributed by atoms with van der Waals surface area (Å²) in [6.07, 6.45) is -0.983. The average molecular weight is 275 g/mol. The van der Waals surface area contributed by atoms with E-state index in [1.54, 1.807) is 0 Å². The van der Waals surface area contributed by atoms with Gasteiger partial charge in [0.1, 0.15) is 12.4 Å². The summed E-state index contributed by atoms with van der Waals surface area (Å²) in [7, 11) is -3.77. The largest absolute Gasteiger partial charge is 0.506 e. The molecule has 1 rings (SSSR count). The van der Waals surface area contributed by atoms with E-state index in [1.165, 1.54) is 12.1 Å². The molecule has 0 saturated carbocycles. The predicted molar refractivity (Wildman–Crippen MR) is 63.2 cm³/mol. The normalized spacial score (nSPS) is 11.1. The number of ether oxygens (including phenoxy) is 1. The Morgan fingerprint density at radius 1 is 1.44 bits per heavy atom. The summed E-state index contributed by atoms with van der Waals surface area (Å²) in [4.78, 5) is 10.2. The number of phenolic OH excluding ortho intramolecular Hbond substituents is 1. The molecule has 1 aromatic carbocycles. The number of aromatic hydroxyl groups is 1. The van der Waals surface area contributed by atoms with Crippen LogP contribution in [0, 0.1) is 0 Å². The second-order valence-electron chi connectivity index (χ2n) is 3.29. The summed E-state index contributed by atoms with van der Waals surface area (Å²) in [5.41, 5.74) is 10.0. The molecule has 0 bridgehead atoms. The van der Waals surface area contributed by atoms with Crippen molar-refractivity contribution in [3.8, 4) is 5.75 Å². The smallest absolute Gasteiger partial charge is 0.404 e. The van der Waals surface area contributed by atoms with Gasteiger partial charge >= 0.3 is 6.09 Å². The number of rotatable bonds is 5. The van der Waals surface area contributed by atoms with Gasteiger partial charge in [-0.15, -0.1) is 0 Å². The summed E-state index contributed by atoms with van der Waals surface area (Å²) >= 11 is 0. The topological polar surface area (TPSA) is 145 Å². The zero-order chi connectivity index (χ0) is 13.8. The van der Waals surface area contributed by atoms with E-state index in [1.807, 2.05) is 0 Å². The maximum Gasteiger partial charge on any atom is 0.404 e. The molecule has 0 aromatic heterocycles. The Kier molecular flexibility index (Phi) is 4.34. The third-order valence-electron chi connectivity index (χ3n) is 1.95. The Morgan fingerprint density at radius 3 is 2.67 bits per heavy atom. The predicted octanol–water partition coefficient (Wildman–Crippen LogP) is -0.652. The number of sulfonamides is 1. The minimum atomic E-state index is -3.77. The number of carbonyl (C=O) groups excluding carboxylic acids is 1.